The summed E-state index contributed by atoms with van der Waals surface area (Å²) in [6.45, 7) is 0.555. The molecular weight excluding hydrogens is 297 g/mol. The third-order valence-corrected chi connectivity index (χ3v) is 3.07. The molecule has 1 unspecified atom stereocenters. The summed E-state index contributed by atoms with van der Waals surface area (Å²) in [5.74, 6) is 0. The molecule has 0 saturated carbocycles. The van der Waals surface area contributed by atoms with Gasteiger partial charge in [-0.2, -0.15) is 13.2 Å². The zero-order chi connectivity index (χ0) is 12.9. The third-order valence-electron chi connectivity index (χ3n) is 2.35. The Morgan fingerprint density at radius 3 is 2.65 bits per heavy atom. The SMILES string of the molecule is COCC(Br)CCc1cccc(C(F)(F)F)c1. The van der Waals surface area contributed by atoms with Crippen LogP contribution in [-0.2, 0) is 17.3 Å². The molecule has 1 aromatic rings. The van der Waals surface area contributed by atoms with Gasteiger partial charge in [0, 0.05) is 11.9 Å². The van der Waals surface area contributed by atoms with Crippen LogP contribution in [-0.4, -0.2) is 18.5 Å². The fourth-order valence-electron chi connectivity index (χ4n) is 1.49. The number of benzene rings is 1. The molecule has 1 rings (SSSR count). The van der Waals surface area contributed by atoms with Gasteiger partial charge >= 0.3 is 6.18 Å². The van der Waals surface area contributed by atoms with E-state index in [2.05, 4.69) is 15.9 Å². The highest BCUT2D eigenvalue weighted by Gasteiger charge is 2.30. The Balaban J connectivity index is 2.60. The Kier molecular flexibility index (Phi) is 5.46. The fourth-order valence-corrected chi connectivity index (χ4v) is 1.98. The molecule has 0 bridgehead atoms. The maximum Gasteiger partial charge on any atom is 0.416 e. The second-order valence-electron chi connectivity index (χ2n) is 3.79. The summed E-state index contributed by atoms with van der Waals surface area (Å²) in [7, 11) is 1.60. The first kappa shape index (κ1) is 14.5. The van der Waals surface area contributed by atoms with Crippen LogP contribution in [0.1, 0.15) is 17.5 Å². The summed E-state index contributed by atoms with van der Waals surface area (Å²) >= 11 is 3.41. The normalized spacial score (nSPS) is 13.7. The number of ether oxygens (including phenoxy) is 1. The minimum atomic E-state index is -4.27. The van der Waals surface area contributed by atoms with Gasteiger partial charge in [0.05, 0.1) is 12.2 Å². The third kappa shape index (κ3) is 5.08. The van der Waals surface area contributed by atoms with Gasteiger partial charge in [-0.05, 0) is 24.5 Å². The van der Waals surface area contributed by atoms with Crippen molar-refractivity contribution in [2.75, 3.05) is 13.7 Å². The van der Waals surface area contributed by atoms with Crippen molar-refractivity contribution in [1.82, 2.24) is 0 Å². The zero-order valence-electron chi connectivity index (χ0n) is 9.43. The van der Waals surface area contributed by atoms with Crippen molar-refractivity contribution in [1.29, 1.82) is 0 Å². The number of hydrogen-bond acceptors (Lipinski definition) is 1. The van der Waals surface area contributed by atoms with Crippen molar-refractivity contribution in [3.63, 3.8) is 0 Å². The van der Waals surface area contributed by atoms with Crippen LogP contribution in [0.25, 0.3) is 0 Å². The van der Waals surface area contributed by atoms with Crippen LogP contribution in [0.5, 0.6) is 0 Å². The van der Waals surface area contributed by atoms with Crippen LogP contribution in [0, 0.1) is 0 Å². The van der Waals surface area contributed by atoms with E-state index in [1.807, 2.05) is 0 Å². The second-order valence-corrected chi connectivity index (χ2v) is 5.08. The molecule has 5 heteroatoms. The first-order valence-electron chi connectivity index (χ1n) is 5.22. The van der Waals surface area contributed by atoms with Crippen LogP contribution in [0.4, 0.5) is 13.2 Å². The number of methoxy groups -OCH3 is 1. The first-order valence-corrected chi connectivity index (χ1v) is 6.14. The van der Waals surface area contributed by atoms with E-state index in [4.69, 9.17) is 4.74 Å². The second kappa shape index (κ2) is 6.40. The van der Waals surface area contributed by atoms with E-state index in [0.29, 0.717) is 18.6 Å². The lowest BCUT2D eigenvalue weighted by atomic mass is 10.1. The summed E-state index contributed by atoms with van der Waals surface area (Å²) in [6, 6.07) is 5.44. The van der Waals surface area contributed by atoms with Gasteiger partial charge in [-0.3, -0.25) is 0 Å². The van der Waals surface area contributed by atoms with E-state index in [9.17, 15) is 13.2 Å². The average Bonchev–Trinajstić information content (AvgIpc) is 2.26. The van der Waals surface area contributed by atoms with E-state index < -0.39 is 11.7 Å². The Labute approximate surface area is 107 Å². The molecule has 0 aliphatic rings. The minimum absolute atomic E-state index is 0.169. The van der Waals surface area contributed by atoms with Crippen molar-refractivity contribution in [2.24, 2.45) is 0 Å². The Morgan fingerprint density at radius 2 is 2.06 bits per heavy atom. The molecule has 1 atom stereocenters. The van der Waals surface area contributed by atoms with Crippen molar-refractivity contribution in [3.8, 4) is 0 Å². The molecular formula is C12H14BrF3O. The molecule has 0 heterocycles. The van der Waals surface area contributed by atoms with Gasteiger partial charge in [0.2, 0.25) is 0 Å². The predicted molar refractivity (Wildman–Crippen MR) is 64.4 cm³/mol. The van der Waals surface area contributed by atoms with E-state index in [-0.39, 0.29) is 4.83 Å². The monoisotopic (exact) mass is 310 g/mol. The molecule has 96 valence electrons. The molecule has 0 saturated heterocycles. The van der Waals surface area contributed by atoms with Gasteiger partial charge in [-0.1, -0.05) is 34.1 Å². The van der Waals surface area contributed by atoms with Crippen LogP contribution < -0.4 is 0 Å². The predicted octanol–water partition coefficient (Wildman–Crippen LogP) is 4.05. The molecule has 0 amide bonds. The standard InChI is InChI=1S/C12H14BrF3O/c1-17-8-11(13)6-5-9-3-2-4-10(7-9)12(14,15)16/h2-4,7,11H,5-6,8H2,1H3. The summed E-state index contributed by atoms with van der Waals surface area (Å²) in [6.07, 6.45) is -2.92. The number of hydrogen-bond donors (Lipinski definition) is 0. The molecule has 0 N–H and O–H groups in total. The Morgan fingerprint density at radius 1 is 1.35 bits per heavy atom. The molecule has 1 aromatic carbocycles. The number of aryl methyl sites for hydroxylation is 1. The molecule has 0 spiro atoms. The van der Waals surface area contributed by atoms with Crippen LogP contribution in [0.2, 0.25) is 0 Å². The van der Waals surface area contributed by atoms with Gasteiger partial charge in [-0.15, -0.1) is 0 Å². The van der Waals surface area contributed by atoms with Gasteiger partial charge in [0.25, 0.3) is 0 Å². The van der Waals surface area contributed by atoms with E-state index in [1.54, 1.807) is 13.2 Å². The smallest absolute Gasteiger partial charge is 0.384 e. The molecule has 0 aliphatic heterocycles. The van der Waals surface area contributed by atoms with Crippen molar-refractivity contribution in [2.45, 2.75) is 23.8 Å². The highest BCUT2D eigenvalue weighted by atomic mass is 79.9. The van der Waals surface area contributed by atoms with Crippen molar-refractivity contribution >= 4 is 15.9 Å². The largest absolute Gasteiger partial charge is 0.416 e. The number of alkyl halides is 4. The fraction of sp³-hybridized carbons (Fsp3) is 0.500. The summed E-state index contributed by atoms with van der Waals surface area (Å²) in [5.41, 5.74) is 0.105. The van der Waals surface area contributed by atoms with E-state index in [1.165, 1.54) is 12.1 Å². The maximum absolute atomic E-state index is 12.5. The average molecular weight is 311 g/mol. The maximum atomic E-state index is 12.5. The Hall–Kier alpha value is -0.550. The van der Waals surface area contributed by atoms with Crippen LogP contribution >= 0.6 is 15.9 Å². The van der Waals surface area contributed by atoms with Crippen LogP contribution in [0.15, 0.2) is 24.3 Å². The molecule has 1 nitrogen and oxygen atoms in total. The van der Waals surface area contributed by atoms with Crippen molar-refractivity contribution in [3.05, 3.63) is 35.4 Å². The van der Waals surface area contributed by atoms with Gasteiger partial charge in [0.15, 0.2) is 0 Å². The highest BCUT2D eigenvalue weighted by molar-refractivity contribution is 9.09. The topological polar surface area (TPSA) is 9.23 Å². The minimum Gasteiger partial charge on any atom is -0.384 e. The molecule has 0 aliphatic carbocycles. The highest BCUT2D eigenvalue weighted by Crippen LogP contribution is 2.29. The summed E-state index contributed by atoms with van der Waals surface area (Å²) in [4.78, 5) is 0.169. The van der Waals surface area contributed by atoms with E-state index >= 15 is 0 Å². The van der Waals surface area contributed by atoms with Gasteiger partial charge < -0.3 is 4.74 Å². The lowest BCUT2D eigenvalue weighted by Crippen LogP contribution is -2.09. The van der Waals surface area contributed by atoms with Gasteiger partial charge in [-0.25, -0.2) is 0 Å². The summed E-state index contributed by atoms with van der Waals surface area (Å²) in [5, 5.41) is 0. The number of halogens is 4. The van der Waals surface area contributed by atoms with Crippen molar-refractivity contribution < 1.29 is 17.9 Å². The van der Waals surface area contributed by atoms with Crippen LogP contribution in [0.3, 0.4) is 0 Å². The van der Waals surface area contributed by atoms with E-state index in [0.717, 1.165) is 12.5 Å². The molecule has 0 fully saturated rings. The zero-order valence-corrected chi connectivity index (χ0v) is 11.0. The molecule has 17 heavy (non-hydrogen) atoms. The molecule has 0 aromatic heterocycles. The van der Waals surface area contributed by atoms with Gasteiger partial charge in [0.1, 0.15) is 0 Å². The molecule has 0 radical (unpaired) electrons. The summed E-state index contributed by atoms with van der Waals surface area (Å²) < 4.78 is 42.3. The lowest BCUT2D eigenvalue weighted by molar-refractivity contribution is -0.137. The Bertz CT molecular complexity index is 352. The quantitative estimate of drug-likeness (QED) is 0.746. The first-order chi connectivity index (χ1) is 7.93. The number of rotatable bonds is 5. The lowest BCUT2D eigenvalue weighted by Gasteiger charge is -2.10.